The zero-order valence-electron chi connectivity index (χ0n) is 8.51. The van der Waals surface area contributed by atoms with Gasteiger partial charge >= 0.3 is 0 Å². The minimum Gasteiger partial charge on any atom is -0.479 e. The van der Waals surface area contributed by atoms with Gasteiger partial charge in [-0.05, 0) is 6.92 Å². The number of nitrogens with zero attached hydrogens (tertiary/aromatic N) is 4. The summed E-state index contributed by atoms with van der Waals surface area (Å²) in [5, 5.41) is 0. The lowest BCUT2D eigenvalue weighted by Gasteiger charge is -2.09. The van der Waals surface area contributed by atoms with E-state index in [4.69, 9.17) is 10.5 Å². The molecule has 2 rings (SSSR count). The molecule has 0 spiro atoms. The van der Waals surface area contributed by atoms with Crippen LogP contribution in [0.1, 0.15) is 5.82 Å². The van der Waals surface area contributed by atoms with Gasteiger partial charge in [0.15, 0.2) is 5.82 Å². The molecule has 0 aliphatic rings. The van der Waals surface area contributed by atoms with E-state index in [1.54, 1.807) is 17.0 Å². The van der Waals surface area contributed by atoms with Crippen molar-refractivity contribution in [1.82, 2.24) is 19.5 Å². The Bertz CT molecular complexity index is 479. The van der Waals surface area contributed by atoms with Gasteiger partial charge in [-0.1, -0.05) is 0 Å². The molecule has 6 nitrogen and oxygen atoms in total. The molecule has 15 heavy (non-hydrogen) atoms. The molecule has 6 heteroatoms. The number of hydrogen-bond donors (Lipinski definition) is 1. The number of aryl methyl sites for hydroxylation is 1. The van der Waals surface area contributed by atoms with E-state index in [0.29, 0.717) is 17.4 Å². The maximum atomic E-state index is 5.86. The molecule has 2 heterocycles. The van der Waals surface area contributed by atoms with E-state index in [2.05, 4.69) is 15.0 Å². The van der Waals surface area contributed by atoms with Gasteiger partial charge in [-0.2, -0.15) is 4.98 Å². The SMILES string of the molecule is COc1ncnc(-n2ccnc2C)c1N. The first-order valence-corrected chi connectivity index (χ1v) is 4.39. The largest absolute Gasteiger partial charge is 0.479 e. The maximum Gasteiger partial charge on any atom is 0.242 e. The second-order valence-electron chi connectivity index (χ2n) is 2.96. The quantitative estimate of drug-likeness (QED) is 0.775. The maximum absolute atomic E-state index is 5.86. The number of aromatic nitrogens is 4. The van der Waals surface area contributed by atoms with Gasteiger partial charge in [0.2, 0.25) is 5.88 Å². The summed E-state index contributed by atoms with van der Waals surface area (Å²) in [6.45, 7) is 1.87. The van der Waals surface area contributed by atoms with Crippen molar-refractivity contribution in [1.29, 1.82) is 0 Å². The molecule has 0 bridgehead atoms. The summed E-state index contributed by atoms with van der Waals surface area (Å²) < 4.78 is 6.79. The van der Waals surface area contributed by atoms with Gasteiger partial charge in [0, 0.05) is 12.4 Å². The Morgan fingerprint density at radius 3 is 2.73 bits per heavy atom. The van der Waals surface area contributed by atoms with E-state index >= 15 is 0 Å². The topological polar surface area (TPSA) is 78.9 Å². The van der Waals surface area contributed by atoms with E-state index < -0.39 is 0 Å². The molecule has 0 atom stereocenters. The van der Waals surface area contributed by atoms with E-state index in [0.717, 1.165) is 5.82 Å². The Hall–Kier alpha value is -2.11. The highest BCUT2D eigenvalue weighted by atomic mass is 16.5. The Morgan fingerprint density at radius 1 is 1.33 bits per heavy atom. The second-order valence-corrected chi connectivity index (χ2v) is 2.96. The number of methoxy groups -OCH3 is 1. The Labute approximate surface area is 86.7 Å². The van der Waals surface area contributed by atoms with E-state index in [-0.39, 0.29) is 0 Å². The first-order valence-electron chi connectivity index (χ1n) is 4.39. The summed E-state index contributed by atoms with van der Waals surface area (Å²) in [5.41, 5.74) is 6.26. The summed E-state index contributed by atoms with van der Waals surface area (Å²) >= 11 is 0. The number of ether oxygens (including phenoxy) is 1. The highest BCUT2D eigenvalue weighted by molar-refractivity contribution is 5.60. The van der Waals surface area contributed by atoms with Crippen molar-refractivity contribution < 1.29 is 4.74 Å². The van der Waals surface area contributed by atoms with Crippen LogP contribution in [0.15, 0.2) is 18.7 Å². The van der Waals surface area contributed by atoms with Crippen LogP contribution >= 0.6 is 0 Å². The number of imidazole rings is 1. The van der Waals surface area contributed by atoms with Crippen molar-refractivity contribution >= 4 is 5.69 Å². The molecular weight excluding hydrogens is 194 g/mol. The Balaban J connectivity index is 2.59. The lowest BCUT2D eigenvalue weighted by atomic mass is 10.4. The molecule has 2 aromatic heterocycles. The van der Waals surface area contributed by atoms with Crippen LogP contribution in [-0.2, 0) is 0 Å². The van der Waals surface area contributed by atoms with Crippen molar-refractivity contribution in [2.45, 2.75) is 6.92 Å². The summed E-state index contributed by atoms with van der Waals surface area (Å²) in [6, 6.07) is 0. The van der Waals surface area contributed by atoms with Gasteiger partial charge < -0.3 is 10.5 Å². The standard InChI is InChI=1S/C9H11N5O/c1-6-11-3-4-14(6)8-7(10)9(15-2)13-5-12-8/h3-5H,10H2,1-2H3. The van der Waals surface area contributed by atoms with Crippen LogP contribution in [0.5, 0.6) is 5.88 Å². The fourth-order valence-corrected chi connectivity index (χ4v) is 1.33. The van der Waals surface area contributed by atoms with Crippen LogP contribution in [0, 0.1) is 6.92 Å². The third-order valence-corrected chi connectivity index (χ3v) is 2.07. The van der Waals surface area contributed by atoms with Crippen LogP contribution in [0.25, 0.3) is 5.82 Å². The molecular formula is C9H11N5O. The average Bonchev–Trinajstić information content (AvgIpc) is 2.65. The molecule has 2 N–H and O–H groups in total. The number of rotatable bonds is 2. The van der Waals surface area contributed by atoms with Crippen molar-refractivity contribution in [2.75, 3.05) is 12.8 Å². The van der Waals surface area contributed by atoms with Crippen molar-refractivity contribution in [3.05, 3.63) is 24.5 Å². The van der Waals surface area contributed by atoms with E-state index in [9.17, 15) is 0 Å². The van der Waals surface area contributed by atoms with Gasteiger partial charge in [-0.3, -0.25) is 4.57 Å². The summed E-state index contributed by atoms with van der Waals surface area (Å²) in [6.07, 6.45) is 4.88. The van der Waals surface area contributed by atoms with Crippen LogP contribution in [0.4, 0.5) is 5.69 Å². The fourth-order valence-electron chi connectivity index (χ4n) is 1.33. The van der Waals surface area contributed by atoms with E-state index in [1.165, 1.54) is 13.4 Å². The molecule has 0 aliphatic carbocycles. The van der Waals surface area contributed by atoms with Crippen LogP contribution in [0.2, 0.25) is 0 Å². The molecule has 0 amide bonds. The lowest BCUT2D eigenvalue weighted by molar-refractivity contribution is 0.399. The number of nitrogens with two attached hydrogens (primary N) is 1. The second kappa shape index (κ2) is 3.56. The van der Waals surface area contributed by atoms with Gasteiger partial charge in [0.1, 0.15) is 17.8 Å². The minimum absolute atomic E-state index is 0.369. The highest BCUT2D eigenvalue weighted by Gasteiger charge is 2.11. The summed E-state index contributed by atoms with van der Waals surface area (Å²) in [7, 11) is 1.52. The van der Waals surface area contributed by atoms with Crippen LogP contribution < -0.4 is 10.5 Å². The fraction of sp³-hybridized carbons (Fsp3) is 0.222. The lowest BCUT2D eigenvalue weighted by Crippen LogP contribution is -2.06. The Morgan fingerprint density at radius 2 is 2.13 bits per heavy atom. The van der Waals surface area contributed by atoms with Crippen molar-refractivity contribution in [3.8, 4) is 11.7 Å². The highest BCUT2D eigenvalue weighted by Crippen LogP contribution is 2.23. The zero-order chi connectivity index (χ0) is 10.8. The molecule has 0 unspecified atom stereocenters. The molecule has 0 radical (unpaired) electrons. The zero-order valence-corrected chi connectivity index (χ0v) is 8.51. The van der Waals surface area contributed by atoms with Gasteiger partial charge in [-0.25, -0.2) is 9.97 Å². The molecule has 2 aromatic rings. The molecule has 0 saturated heterocycles. The monoisotopic (exact) mass is 205 g/mol. The predicted molar refractivity (Wildman–Crippen MR) is 54.9 cm³/mol. The predicted octanol–water partition coefficient (Wildman–Crippen LogP) is 0.562. The number of nitrogen functional groups attached to an aromatic ring is 1. The minimum atomic E-state index is 0.369. The summed E-state index contributed by atoms with van der Waals surface area (Å²) in [4.78, 5) is 12.1. The molecule has 0 saturated carbocycles. The number of hydrogen-bond acceptors (Lipinski definition) is 5. The number of anilines is 1. The third-order valence-electron chi connectivity index (χ3n) is 2.07. The summed E-state index contributed by atoms with van der Waals surface area (Å²) in [5.74, 6) is 1.76. The molecule has 0 aromatic carbocycles. The van der Waals surface area contributed by atoms with Crippen molar-refractivity contribution in [2.24, 2.45) is 0 Å². The van der Waals surface area contributed by atoms with Gasteiger partial charge in [0.25, 0.3) is 0 Å². The van der Waals surface area contributed by atoms with Crippen LogP contribution in [0.3, 0.4) is 0 Å². The average molecular weight is 205 g/mol. The molecule has 0 aliphatic heterocycles. The van der Waals surface area contributed by atoms with Crippen molar-refractivity contribution in [3.63, 3.8) is 0 Å². The van der Waals surface area contributed by atoms with Gasteiger partial charge in [0.05, 0.1) is 7.11 Å². The normalized spacial score (nSPS) is 10.3. The molecule has 78 valence electrons. The van der Waals surface area contributed by atoms with Crippen LogP contribution in [-0.4, -0.2) is 26.6 Å². The van der Waals surface area contributed by atoms with Gasteiger partial charge in [-0.15, -0.1) is 0 Å². The first-order chi connectivity index (χ1) is 7.24. The Kier molecular flexibility index (Phi) is 2.24. The van der Waals surface area contributed by atoms with E-state index in [1.807, 2.05) is 6.92 Å². The smallest absolute Gasteiger partial charge is 0.242 e. The molecule has 0 fully saturated rings. The third kappa shape index (κ3) is 1.50. The first kappa shape index (κ1) is 9.45.